The fourth-order valence-electron chi connectivity index (χ4n) is 2.06. The van der Waals surface area contributed by atoms with Gasteiger partial charge in [0.15, 0.2) is 0 Å². The van der Waals surface area contributed by atoms with Crippen LogP contribution in [-0.4, -0.2) is 0 Å². The van der Waals surface area contributed by atoms with Crippen molar-refractivity contribution in [2.45, 2.75) is 11.8 Å². The molecule has 2 aromatic rings. The molecule has 0 aliphatic carbocycles. The number of thiol groups is 1. The third kappa shape index (κ3) is 2.57. The van der Waals surface area contributed by atoms with E-state index in [4.69, 9.17) is 0 Å². The average molecular weight is 252 g/mol. The predicted molar refractivity (Wildman–Crippen MR) is 83.9 cm³/mol. The quantitative estimate of drug-likeness (QED) is 0.702. The van der Waals surface area contributed by atoms with Crippen molar-refractivity contribution >= 4 is 24.8 Å². The third-order valence-electron chi connectivity index (χ3n) is 2.83. The molecule has 0 heterocycles. The molecule has 2 rings (SSSR count). The van der Waals surface area contributed by atoms with Crippen LogP contribution in [0.3, 0.4) is 0 Å². The second kappa shape index (κ2) is 5.74. The van der Waals surface area contributed by atoms with Gasteiger partial charge >= 0.3 is 0 Å². The summed E-state index contributed by atoms with van der Waals surface area (Å²) < 4.78 is 0. The number of benzene rings is 2. The number of hydrogen-bond donors (Lipinski definition) is 1. The summed E-state index contributed by atoms with van der Waals surface area (Å²) in [6.45, 7) is 5.94. The molecule has 0 atom stereocenters. The molecule has 0 aromatic heterocycles. The molecule has 0 radical (unpaired) electrons. The molecule has 0 nitrogen and oxygen atoms in total. The summed E-state index contributed by atoms with van der Waals surface area (Å²) in [6, 6.07) is 14.5. The first kappa shape index (κ1) is 12.7. The Morgan fingerprint density at radius 3 is 2.44 bits per heavy atom. The van der Waals surface area contributed by atoms with Gasteiger partial charge in [0.25, 0.3) is 0 Å². The van der Waals surface area contributed by atoms with Crippen LogP contribution < -0.4 is 0 Å². The summed E-state index contributed by atoms with van der Waals surface area (Å²) in [4.78, 5) is 0.965. The Morgan fingerprint density at radius 1 is 1.11 bits per heavy atom. The highest BCUT2D eigenvalue weighted by Gasteiger charge is 2.07. The molecule has 0 aliphatic heterocycles. The molecule has 1 heteroatoms. The van der Waals surface area contributed by atoms with Crippen LogP contribution in [0.1, 0.15) is 18.1 Å². The first-order valence-corrected chi connectivity index (χ1v) is 6.38. The van der Waals surface area contributed by atoms with Gasteiger partial charge in [-0.1, -0.05) is 55.1 Å². The lowest BCUT2D eigenvalue weighted by Crippen LogP contribution is -1.88. The highest BCUT2D eigenvalue weighted by atomic mass is 32.1. The molecule has 2 aromatic carbocycles. The van der Waals surface area contributed by atoms with E-state index in [1.54, 1.807) is 0 Å². The maximum Gasteiger partial charge on any atom is 0.00525 e. The number of hydrogen-bond acceptors (Lipinski definition) is 1. The Bertz CT molecular complexity index is 580. The van der Waals surface area contributed by atoms with E-state index in [1.165, 1.54) is 11.1 Å². The van der Waals surface area contributed by atoms with Gasteiger partial charge in [-0.2, -0.15) is 0 Å². The van der Waals surface area contributed by atoms with E-state index in [1.807, 2.05) is 37.3 Å². The molecule has 90 valence electrons. The second-order valence-corrected chi connectivity index (χ2v) is 4.58. The van der Waals surface area contributed by atoms with Gasteiger partial charge in [-0.05, 0) is 41.3 Å². The van der Waals surface area contributed by atoms with E-state index in [-0.39, 0.29) is 0 Å². The largest absolute Gasteiger partial charge is 0.143 e. The summed E-state index contributed by atoms with van der Waals surface area (Å²) in [6.07, 6.45) is 6.03. The van der Waals surface area contributed by atoms with Crippen molar-refractivity contribution in [3.05, 3.63) is 66.2 Å². The Balaban J connectivity index is 2.70. The van der Waals surface area contributed by atoms with Crippen molar-refractivity contribution in [3.63, 3.8) is 0 Å². The van der Waals surface area contributed by atoms with Crippen molar-refractivity contribution in [2.75, 3.05) is 0 Å². The van der Waals surface area contributed by atoms with E-state index in [9.17, 15) is 0 Å². The van der Waals surface area contributed by atoms with Crippen LogP contribution in [0, 0.1) is 0 Å². The van der Waals surface area contributed by atoms with Crippen LogP contribution in [0.4, 0.5) is 0 Å². The Labute approximate surface area is 114 Å². The van der Waals surface area contributed by atoms with Crippen LogP contribution in [0.25, 0.3) is 23.3 Å². The van der Waals surface area contributed by atoms with E-state index >= 15 is 0 Å². The van der Waals surface area contributed by atoms with E-state index in [2.05, 4.69) is 49.5 Å². The highest BCUT2D eigenvalue weighted by Crippen LogP contribution is 2.30. The molecule has 0 saturated carbocycles. The lowest BCUT2D eigenvalue weighted by atomic mass is 9.95. The van der Waals surface area contributed by atoms with Gasteiger partial charge in [0.05, 0.1) is 0 Å². The third-order valence-corrected chi connectivity index (χ3v) is 3.09. The zero-order chi connectivity index (χ0) is 13.0. The minimum absolute atomic E-state index is 0.965. The van der Waals surface area contributed by atoms with E-state index < -0.39 is 0 Å². The second-order valence-electron chi connectivity index (χ2n) is 4.07. The summed E-state index contributed by atoms with van der Waals surface area (Å²) in [5.74, 6) is 0. The first-order valence-electron chi connectivity index (χ1n) is 5.94. The van der Waals surface area contributed by atoms with Gasteiger partial charge in [0, 0.05) is 4.90 Å². The van der Waals surface area contributed by atoms with E-state index in [0.717, 1.165) is 16.0 Å². The Morgan fingerprint density at radius 2 is 1.83 bits per heavy atom. The SMILES string of the molecule is C=Cc1c(/C=C\C)cc(S)cc1-c1ccccc1. The molecule has 0 unspecified atom stereocenters. The Kier molecular flexibility index (Phi) is 4.06. The molecule has 18 heavy (non-hydrogen) atoms. The van der Waals surface area contributed by atoms with Crippen molar-refractivity contribution in [1.29, 1.82) is 0 Å². The van der Waals surface area contributed by atoms with Crippen molar-refractivity contribution in [2.24, 2.45) is 0 Å². The monoisotopic (exact) mass is 252 g/mol. The van der Waals surface area contributed by atoms with Crippen molar-refractivity contribution in [1.82, 2.24) is 0 Å². The van der Waals surface area contributed by atoms with Crippen LogP contribution in [0.2, 0.25) is 0 Å². The topological polar surface area (TPSA) is 0 Å². The van der Waals surface area contributed by atoms with Gasteiger partial charge in [0.1, 0.15) is 0 Å². The summed E-state index contributed by atoms with van der Waals surface area (Å²) in [5, 5.41) is 0. The molecule has 0 aliphatic rings. The maximum atomic E-state index is 4.48. The summed E-state index contributed by atoms with van der Waals surface area (Å²) >= 11 is 4.48. The molecule has 0 fully saturated rings. The van der Waals surface area contributed by atoms with Crippen LogP contribution in [0.15, 0.2) is 60.0 Å². The normalized spacial score (nSPS) is 10.8. The van der Waals surface area contributed by atoms with Gasteiger partial charge in [-0.25, -0.2) is 0 Å². The summed E-state index contributed by atoms with van der Waals surface area (Å²) in [5.41, 5.74) is 4.66. The predicted octanol–water partition coefficient (Wildman–Crippen LogP) is 5.32. The van der Waals surface area contributed by atoms with Crippen LogP contribution >= 0.6 is 12.6 Å². The molecular weight excluding hydrogens is 236 g/mol. The summed E-state index contributed by atoms with van der Waals surface area (Å²) in [7, 11) is 0. The fourth-order valence-corrected chi connectivity index (χ4v) is 2.33. The Hall–Kier alpha value is -1.73. The molecule has 0 spiro atoms. The standard InChI is InChI=1S/C17H16S/c1-3-8-14-11-15(18)12-17(16(14)4-2)13-9-6-5-7-10-13/h3-12,18H,2H2,1H3/b8-3-. The van der Waals surface area contributed by atoms with Crippen LogP contribution in [0.5, 0.6) is 0 Å². The number of allylic oxidation sites excluding steroid dienone is 1. The minimum atomic E-state index is 0.965. The van der Waals surface area contributed by atoms with Crippen molar-refractivity contribution in [3.8, 4) is 11.1 Å². The van der Waals surface area contributed by atoms with Gasteiger partial charge in [0.2, 0.25) is 0 Å². The van der Waals surface area contributed by atoms with Crippen molar-refractivity contribution < 1.29 is 0 Å². The molecule has 0 saturated heterocycles. The average Bonchev–Trinajstić information content (AvgIpc) is 2.39. The number of rotatable bonds is 3. The van der Waals surface area contributed by atoms with Gasteiger partial charge < -0.3 is 0 Å². The maximum absolute atomic E-state index is 4.48. The first-order chi connectivity index (χ1) is 8.76. The zero-order valence-corrected chi connectivity index (χ0v) is 11.3. The minimum Gasteiger partial charge on any atom is -0.143 e. The molecule has 0 bridgehead atoms. The fraction of sp³-hybridized carbons (Fsp3) is 0.0588. The van der Waals surface area contributed by atoms with Gasteiger partial charge in [-0.3, -0.25) is 0 Å². The molecular formula is C17H16S. The van der Waals surface area contributed by atoms with Gasteiger partial charge in [-0.15, -0.1) is 12.6 Å². The van der Waals surface area contributed by atoms with Crippen LogP contribution in [-0.2, 0) is 0 Å². The zero-order valence-electron chi connectivity index (χ0n) is 10.4. The molecule has 0 N–H and O–H groups in total. The van der Waals surface area contributed by atoms with E-state index in [0.29, 0.717) is 0 Å². The lowest BCUT2D eigenvalue weighted by Gasteiger charge is -2.11. The lowest BCUT2D eigenvalue weighted by molar-refractivity contribution is 1.43. The molecule has 0 amide bonds. The highest BCUT2D eigenvalue weighted by molar-refractivity contribution is 7.80. The smallest absolute Gasteiger partial charge is 0.00525 e.